The lowest BCUT2D eigenvalue weighted by molar-refractivity contribution is -0.0747. The molecule has 6 heteroatoms. The molecule has 2 aromatic rings. The second-order valence-electron chi connectivity index (χ2n) is 7.12. The lowest BCUT2D eigenvalue weighted by Gasteiger charge is -2.40. The molecule has 0 bridgehead atoms. The molecule has 2 aliphatic heterocycles. The summed E-state index contributed by atoms with van der Waals surface area (Å²) in [6.45, 7) is 5.91. The summed E-state index contributed by atoms with van der Waals surface area (Å²) in [6, 6.07) is 4.69. The Hall–Kier alpha value is -1.76. The molecule has 2 aliphatic rings. The maximum atomic E-state index is 6.13. The number of morpholine rings is 1. The Morgan fingerprint density at radius 2 is 2.08 bits per heavy atom. The van der Waals surface area contributed by atoms with Gasteiger partial charge in [-0.1, -0.05) is 6.07 Å². The smallest absolute Gasteiger partial charge is 0.122 e. The first-order chi connectivity index (χ1) is 12.3. The van der Waals surface area contributed by atoms with Crippen LogP contribution >= 0.6 is 0 Å². The van der Waals surface area contributed by atoms with Crippen LogP contribution in [0.1, 0.15) is 24.2 Å². The molecule has 0 N–H and O–H groups in total. The third-order valence-corrected chi connectivity index (χ3v) is 5.47. The zero-order chi connectivity index (χ0) is 17.1. The summed E-state index contributed by atoms with van der Waals surface area (Å²) in [5.74, 6) is 1.14. The van der Waals surface area contributed by atoms with Crippen LogP contribution in [0.4, 0.5) is 0 Å². The van der Waals surface area contributed by atoms with Crippen LogP contribution in [-0.4, -0.2) is 62.7 Å². The third kappa shape index (κ3) is 3.92. The van der Waals surface area contributed by atoms with E-state index >= 15 is 0 Å². The molecule has 0 aromatic carbocycles. The van der Waals surface area contributed by atoms with Crippen molar-refractivity contribution in [1.82, 2.24) is 24.3 Å². The highest BCUT2D eigenvalue weighted by Gasteiger charge is 2.34. The van der Waals surface area contributed by atoms with Gasteiger partial charge in [-0.3, -0.25) is 14.8 Å². The first kappa shape index (κ1) is 16.7. The SMILES string of the molecule is Cn1ccnc1CN1CC[C@@H]2[C@@H](CC1)OCCN2Cc1cccnc1. The quantitative estimate of drug-likeness (QED) is 0.847. The van der Waals surface area contributed by atoms with Crippen molar-refractivity contribution in [3.05, 3.63) is 48.3 Å². The van der Waals surface area contributed by atoms with Crippen LogP contribution in [0.25, 0.3) is 0 Å². The number of pyridine rings is 1. The molecule has 2 saturated heterocycles. The van der Waals surface area contributed by atoms with E-state index in [0.717, 1.165) is 58.0 Å². The van der Waals surface area contributed by atoms with Crippen LogP contribution < -0.4 is 0 Å². The number of aromatic nitrogens is 3. The molecule has 4 heterocycles. The van der Waals surface area contributed by atoms with E-state index in [-0.39, 0.29) is 0 Å². The predicted octanol–water partition coefficient (Wildman–Crippen LogP) is 1.68. The lowest BCUT2D eigenvalue weighted by Crippen LogP contribution is -2.50. The van der Waals surface area contributed by atoms with Crippen LogP contribution in [0.2, 0.25) is 0 Å². The first-order valence-electron chi connectivity index (χ1n) is 9.23. The highest BCUT2D eigenvalue weighted by atomic mass is 16.5. The molecule has 134 valence electrons. The fourth-order valence-electron chi connectivity index (χ4n) is 4.04. The van der Waals surface area contributed by atoms with Crippen molar-refractivity contribution in [2.24, 2.45) is 7.05 Å². The Balaban J connectivity index is 1.41. The van der Waals surface area contributed by atoms with Gasteiger partial charge in [0.2, 0.25) is 0 Å². The highest BCUT2D eigenvalue weighted by molar-refractivity contribution is 5.09. The van der Waals surface area contributed by atoms with Gasteiger partial charge in [0.05, 0.1) is 19.3 Å². The van der Waals surface area contributed by atoms with Crippen LogP contribution in [0, 0.1) is 0 Å². The summed E-state index contributed by atoms with van der Waals surface area (Å²) in [5, 5.41) is 0. The van der Waals surface area contributed by atoms with Crippen LogP contribution in [0.15, 0.2) is 36.9 Å². The summed E-state index contributed by atoms with van der Waals surface area (Å²) >= 11 is 0. The number of hydrogen-bond donors (Lipinski definition) is 0. The molecule has 2 aromatic heterocycles. The molecular weight excluding hydrogens is 314 g/mol. The van der Waals surface area contributed by atoms with Gasteiger partial charge in [0.1, 0.15) is 5.82 Å². The van der Waals surface area contributed by atoms with Crippen molar-refractivity contribution in [3.8, 4) is 0 Å². The Bertz CT molecular complexity index is 673. The monoisotopic (exact) mass is 341 g/mol. The standard InChI is InChI=1S/C19H27N5O/c1-22-10-7-21-19(22)15-23-8-4-17-18(5-9-23)25-12-11-24(17)14-16-3-2-6-20-13-16/h2-3,6-7,10,13,17-18H,4-5,8-9,11-12,14-15H2,1H3/t17-,18-/m1/s1. The van der Waals surface area contributed by atoms with Crippen molar-refractivity contribution in [1.29, 1.82) is 0 Å². The fraction of sp³-hybridized carbons (Fsp3) is 0.579. The molecule has 0 aliphatic carbocycles. The second kappa shape index (κ2) is 7.64. The number of ether oxygens (including phenoxy) is 1. The lowest BCUT2D eigenvalue weighted by atomic mass is 10.0. The van der Waals surface area contributed by atoms with Crippen LogP contribution in [-0.2, 0) is 24.9 Å². The number of nitrogens with zero attached hydrogens (tertiary/aromatic N) is 5. The van der Waals surface area contributed by atoms with E-state index < -0.39 is 0 Å². The Morgan fingerprint density at radius 1 is 1.16 bits per heavy atom. The Labute approximate surface area is 149 Å². The minimum Gasteiger partial charge on any atom is -0.375 e. The minimum atomic E-state index is 0.344. The molecule has 0 saturated carbocycles. The summed E-state index contributed by atoms with van der Waals surface area (Å²) < 4.78 is 8.25. The zero-order valence-corrected chi connectivity index (χ0v) is 14.9. The van der Waals surface area contributed by atoms with Crippen LogP contribution in [0.3, 0.4) is 0 Å². The molecule has 0 unspecified atom stereocenters. The van der Waals surface area contributed by atoms with E-state index in [4.69, 9.17) is 4.74 Å². The van der Waals surface area contributed by atoms with Crippen LogP contribution in [0.5, 0.6) is 0 Å². The van der Waals surface area contributed by atoms with Gasteiger partial charge in [0.25, 0.3) is 0 Å². The fourth-order valence-corrected chi connectivity index (χ4v) is 4.04. The number of aryl methyl sites for hydroxylation is 1. The summed E-state index contributed by atoms with van der Waals surface area (Å²) in [4.78, 5) is 13.8. The molecule has 0 spiro atoms. The molecule has 0 radical (unpaired) electrons. The van der Waals surface area contributed by atoms with Crippen molar-refractivity contribution < 1.29 is 4.74 Å². The van der Waals surface area contributed by atoms with Gasteiger partial charge in [0.15, 0.2) is 0 Å². The topological polar surface area (TPSA) is 46.4 Å². The van der Waals surface area contributed by atoms with Gasteiger partial charge >= 0.3 is 0 Å². The van der Waals surface area contributed by atoms with Gasteiger partial charge in [-0.05, 0) is 24.5 Å². The van der Waals surface area contributed by atoms with Gasteiger partial charge in [0, 0.05) is 64.1 Å². The molecule has 2 atom stereocenters. The number of likely N-dealkylation sites (tertiary alicyclic amines) is 1. The van der Waals surface area contributed by atoms with E-state index in [1.807, 2.05) is 30.9 Å². The predicted molar refractivity (Wildman–Crippen MR) is 95.9 cm³/mol. The van der Waals surface area contributed by atoms with E-state index in [0.29, 0.717) is 12.1 Å². The van der Waals surface area contributed by atoms with Crippen molar-refractivity contribution in [2.75, 3.05) is 26.2 Å². The third-order valence-electron chi connectivity index (χ3n) is 5.47. The molecule has 4 rings (SSSR count). The average Bonchev–Trinajstić information content (AvgIpc) is 2.91. The maximum absolute atomic E-state index is 6.13. The first-order valence-corrected chi connectivity index (χ1v) is 9.23. The molecule has 6 nitrogen and oxygen atoms in total. The van der Waals surface area contributed by atoms with Gasteiger partial charge in [-0.25, -0.2) is 4.98 Å². The number of hydrogen-bond acceptors (Lipinski definition) is 5. The van der Waals surface area contributed by atoms with Crippen molar-refractivity contribution in [2.45, 2.75) is 38.1 Å². The van der Waals surface area contributed by atoms with E-state index in [1.165, 1.54) is 5.56 Å². The molecular formula is C19H27N5O. The van der Waals surface area contributed by atoms with E-state index in [1.54, 1.807) is 0 Å². The van der Waals surface area contributed by atoms with E-state index in [9.17, 15) is 0 Å². The van der Waals surface area contributed by atoms with Gasteiger partial charge in [-0.15, -0.1) is 0 Å². The second-order valence-corrected chi connectivity index (χ2v) is 7.12. The molecule has 0 amide bonds. The average molecular weight is 341 g/mol. The normalized spacial score (nSPS) is 25.5. The number of fused-ring (bicyclic) bond motifs is 1. The Morgan fingerprint density at radius 3 is 2.88 bits per heavy atom. The highest BCUT2D eigenvalue weighted by Crippen LogP contribution is 2.25. The molecule has 2 fully saturated rings. The largest absolute Gasteiger partial charge is 0.375 e. The minimum absolute atomic E-state index is 0.344. The van der Waals surface area contributed by atoms with E-state index in [2.05, 4.69) is 37.4 Å². The maximum Gasteiger partial charge on any atom is 0.122 e. The van der Waals surface area contributed by atoms with Crippen molar-refractivity contribution in [3.63, 3.8) is 0 Å². The Kier molecular flexibility index (Phi) is 5.10. The van der Waals surface area contributed by atoms with Crippen molar-refractivity contribution >= 4 is 0 Å². The number of rotatable bonds is 4. The van der Waals surface area contributed by atoms with Gasteiger partial charge in [-0.2, -0.15) is 0 Å². The summed E-state index contributed by atoms with van der Waals surface area (Å²) in [6.07, 6.45) is 10.3. The molecule has 25 heavy (non-hydrogen) atoms. The number of imidazole rings is 1. The van der Waals surface area contributed by atoms with Gasteiger partial charge < -0.3 is 9.30 Å². The summed E-state index contributed by atoms with van der Waals surface area (Å²) in [5.41, 5.74) is 1.29. The zero-order valence-electron chi connectivity index (χ0n) is 14.9. The summed E-state index contributed by atoms with van der Waals surface area (Å²) in [7, 11) is 2.07.